The first-order valence-electron chi connectivity index (χ1n) is 6.91. The van der Waals surface area contributed by atoms with Gasteiger partial charge in [0.05, 0.1) is 6.04 Å². The molecule has 1 fully saturated rings. The van der Waals surface area contributed by atoms with Crippen LogP contribution in [0.5, 0.6) is 0 Å². The van der Waals surface area contributed by atoms with Crippen LogP contribution in [0.15, 0.2) is 0 Å². The normalized spacial score (nSPS) is 22.6. The summed E-state index contributed by atoms with van der Waals surface area (Å²) in [4.78, 5) is 23.0. The van der Waals surface area contributed by atoms with Crippen molar-refractivity contribution in [3.05, 3.63) is 0 Å². The van der Waals surface area contributed by atoms with Gasteiger partial charge < -0.3 is 15.7 Å². The van der Waals surface area contributed by atoms with E-state index >= 15 is 0 Å². The number of rotatable bonds is 5. The summed E-state index contributed by atoms with van der Waals surface area (Å²) in [5.74, 6) is -1.12. The van der Waals surface area contributed by atoms with Gasteiger partial charge in [-0.15, -0.1) is 0 Å². The van der Waals surface area contributed by atoms with Crippen LogP contribution in [0, 0.1) is 0 Å². The van der Waals surface area contributed by atoms with Gasteiger partial charge in [-0.3, -0.25) is 4.79 Å². The van der Waals surface area contributed by atoms with Gasteiger partial charge in [-0.05, 0) is 25.8 Å². The highest BCUT2D eigenvalue weighted by molar-refractivity contribution is 5.86. The van der Waals surface area contributed by atoms with Gasteiger partial charge in [-0.25, -0.2) is 4.79 Å². The Bertz CT molecular complexity index is 273. The fourth-order valence-electron chi connectivity index (χ4n) is 2.25. The van der Waals surface area contributed by atoms with E-state index in [2.05, 4.69) is 10.6 Å². The molecule has 0 saturated carbocycles. The van der Waals surface area contributed by atoms with Crippen molar-refractivity contribution in [2.45, 2.75) is 64.0 Å². The molecule has 1 aliphatic heterocycles. The van der Waals surface area contributed by atoms with Crippen LogP contribution in [0.3, 0.4) is 0 Å². The number of hydrogen-bond acceptors (Lipinski definition) is 3. The molecule has 0 bridgehead atoms. The smallest absolute Gasteiger partial charge is 0.326 e. The molecule has 1 heterocycles. The minimum Gasteiger partial charge on any atom is -0.480 e. The predicted molar refractivity (Wildman–Crippen MR) is 69.4 cm³/mol. The van der Waals surface area contributed by atoms with Crippen LogP contribution in [0.25, 0.3) is 0 Å². The lowest BCUT2D eigenvalue weighted by molar-refractivity contribution is -0.142. The Kier molecular flexibility index (Phi) is 6.72. The van der Waals surface area contributed by atoms with E-state index in [1.807, 2.05) is 6.92 Å². The Morgan fingerprint density at radius 2 is 2.06 bits per heavy atom. The van der Waals surface area contributed by atoms with E-state index < -0.39 is 12.0 Å². The van der Waals surface area contributed by atoms with E-state index in [0.29, 0.717) is 6.42 Å². The van der Waals surface area contributed by atoms with Crippen LogP contribution in [0.4, 0.5) is 0 Å². The fourth-order valence-corrected chi connectivity index (χ4v) is 2.25. The highest BCUT2D eigenvalue weighted by atomic mass is 16.4. The van der Waals surface area contributed by atoms with Crippen molar-refractivity contribution in [2.24, 2.45) is 0 Å². The SMILES string of the molecule is CCCC(NC(=O)C1CCCCCCN1)C(=O)O. The van der Waals surface area contributed by atoms with E-state index in [-0.39, 0.29) is 11.9 Å². The summed E-state index contributed by atoms with van der Waals surface area (Å²) >= 11 is 0. The third-order valence-corrected chi connectivity index (χ3v) is 3.32. The number of hydrogen-bond donors (Lipinski definition) is 3. The van der Waals surface area contributed by atoms with Gasteiger partial charge in [0.1, 0.15) is 6.04 Å². The number of nitrogens with one attached hydrogen (secondary N) is 2. The maximum Gasteiger partial charge on any atom is 0.326 e. The lowest BCUT2D eigenvalue weighted by atomic mass is 10.0. The molecule has 1 amide bonds. The Hall–Kier alpha value is -1.10. The second-order valence-electron chi connectivity index (χ2n) is 4.90. The topological polar surface area (TPSA) is 78.4 Å². The van der Waals surface area contributed by atoms with Crippen molar-refractivity contribution in [1.29, 1.82) is 0 Å². The van der Waals surface area contributed by atoms with Gasteiger partial charge in [0, 0.05) is 0 Å². The van der Waals surface area contributed by atoms with Crippen molar-refractivity contribution in [3.8, 4) is 0 Å². The summed E-state index contributed by atoms with van der Waals surface area (Å²) in [5.41, 5.74) is 0. The molecule has 2 atom stereocenters. The molecule has 3 N–H and O–H groups in total. The third-order valence-electron chi connectivity index (χ3n) is 3.32. The molecule has 0 aromatic heterocycles. The maximum atomic E-state index is 12.0. The number of carboxylic acid groups (broad SMARTS) is 1. The number of amides is 1. The summed E-state index contributed by atoms with van der Waals surface area (Å²) < 4.78 is 0. The molecule has 104 valence electrons. The van der Waals surface area contributed by atoms with E-state index in [4.69, 9.17) is 5.11 Å². The fraction of sp³-hybridized carbons (Fsp3) is 0.846. The summed E-state index contributed by atoms with van der Waals surface area (Å²) in [5, 5.41) is 14.9. The Morgan fingerprint density at radius 1 is 1.33 bits per heavy atom. The molecule has 5 heteroatoms. The van der Waals surface area contributed by atoms with Crippen LogP contribution in [0.1, 0.15) is 51.9 Å². The third kappa shape index (κ3) is 5.04. The van der Waals surface area contributed by atoms with E-state index in [9.17, 15) is 9.59 Å². The monoisotopic (exact) mass is 256 g/mol. The molecular formula is C13H24N2O3. The summed E-state index contributed by atoms with van der Waals surface area (Å²) in [6.45, 7) is 2.75. The average Bonchev–Trinajstić information content (AvgIpc) is 2.27. The largest absolute Gasteiger partial charge is 0.480 e. The molecule has 0 aromatic carbocycles. The Morgan fingerprint density at radius 3 is 2.72 bits per heavy atom. The van der Waals surface area contributed by atoms with Crippen LogP contribution in [0.2, 0.25) is 0 Å². The van der Waals surface area contributed by atoms with Crippen molar-refractivity contribution in [2.75, 3.05) is 6.54 Å². The minimum atomic E-state index is -0.948. The van der Waals surface area contributed by atoms with E-state index in [0.717, 1.165) is 38.6 Å². The van der Waals surface area contributed by atoms with Gasteiger partial charge in [0.2, 0.25) is 5.91 Å². The number of carbonyl (C=O) groups is 2. The number of aliphatic carboxylic acids is 1. The van der Waals surface area contributed by atoms with Gasteiger partial charge in [0.15, 0.2) is 0 Å². The minimum absolute atomic E-state index is 0.169. The Labute approximate surface area is 108 Å². The summed E-state index contributed by atoms with van der Waals surface area (Å²) in [7, 11) is 0. The molecule has 0 aliphatic carbocycles. The van der Waals surface area contributed by atoms with Crippen LogP contribution in [-0.4, -0.2) is 35.6 Å². The predicted octanol–water partition coefficient (Wildman–Crippen LogP) is 1.28. The van der Waals surface area contributed by atoms with Crippen molar-refractivity contribution in [3.63, 3.8) is 0 Å². The first-order valence-corrected chi connectivity index (χ1v) is 6.91. The number of carbonyl (C=O) groups excluding carboxylic acids is 1. The molecule has 1 rings (SSSR count). The highest BCUT2D eigenvalue weighted by Gasteiger charge is 2.24. The zero-order valence-corrected chi connectivity index (χ0v) is 11.1. The average molecular weight is 256 g/mol. The zero-order chi connectivity index (χ0) is 13.4. The molecule has 0 aromatic rings. The van der Waals surface area contributed by atoms with Crippen molar-refractivity contribution in [1.82, 2.24) is 10.6 Å². The molecular weight excluding hydrogens is 232 g/mol. The lowest BCUT2D eigenvalue weighted by Crippen LogP contribution is -2.50. The van der Waals surface area contributed by atoms with Gasteiger partial charge in [-0.2, -0.15) is 0 Å². The van der Waals surface area contributed by atoms with Gasteiger partial charge in [-0.1, -0.05) is 32.6 Å². The van der Waals surface area contributed by atoms with Crippen molar-refractivity contribution < 1.29 is 14.7 Å². The van der Waals surface area contributed by atoms with Gasteiger partial charge in [0.25, 0.3) is 0 Å². The van der Waals surface area contributed by atoms with E-state index in [1.165, 1.54) is 6.42 Å². The second kappa shape index (κ2) is 8.08. The Balaban J connectivity index is 2.47. The second-order valence-corrected chi connectivity index (χ2v) is 4.90. The lowest BCUT2D eigenvalue weighted by Gasteiger charge is -2.22. The van der Waals surface area contributed by atoms with Crippen LogP contribution in [-0.2, 0) is 9.59 Å². The quantitative estimate of drug-likeness (QED) is 0.692. The summed E-state index contributed by atoms with van der Waals surface area (Å²) in [6.07, 6.45) is 6.49. The van der Waals surface area contributed by atoms with E-state index in [1.54, 1.807) is 0 Å². The first kappa shape index (κ1) is 15.0. The van der Waals surface area contributed by atoms with Crippen LogP contribution < -0.4 is 10.6 Å². The maximum absolute atomic E-state index is 12.0. The molecule has 1 saturated heterocycles. The summed E-state index contributed by atoms with van der Waals surface area (Å²) in [6, 6.07) is -0.987. The van der Waals surface area contributed by atoms with Crippen LogP contribution >= 0.6 is 0 Å². The standard InChI is InChI=1S/C13H24N2O3/c1-2-7-11(13(17)18)15-12(16)10-8-5-3-4-6-9-14-10/h10-11,14H,2-9H2,1H3,(H,15,16)(H,17,18). The molecule has 1 aliphatic rings. The first-order chi connectivity index (χ1) is 8.65. The molecule has 18 heavy (non-hydrogen) atoms. The molecule has 5 nitrogen and oxygen atoms in total. The zero-order valence-electron chi connectivity index (χ0n) is 11.1. The van der Waals surface area contributed by atoms with Gasteiger partial charge >= 0.3 is 5.97 Å². The highest BCUT2D eigenvalue weighted by Crippen LogP contribution is 2.10. The number of carboxylic acids is 1. The molecule has 2 unspecified atom stereocenters. The molecule has 0 radical (unpaired) electrons. The molecule has 0 spiro atoms. The van der Waals surface area contributed by atoms with Crippen molar-refractivity contribution >= 4 is 11.9 Å².